The Morgan fingerprint density at radius 3 is 2.58 bits per heavy atom. The van der Waals surface area contributed by atoms with Gasteiger partial charge in [0.2, 0.25) is 0 Å². The molecule has 1 aromatic carbocycles. The molecule has 19 heavy (non-hydrogen) atoms. The third-order valence-electron chi connectivity index (χ3n) is 3.33. The van der Waals surface area contributed by atoms with Crippen LogP contribution in [0.1, 0.15) is 37.0 Å². The number of rotatable bonds is 7. The summed E-state index contributed by atoms with van der Waals surface area (Å²) in [5, 5.41) is 8.96. The van der Waals surface area contributed by atoms with Crippen molar-refractivity contribution in [2.45, 2.75) is 39.8 Å². The highest BCUT2D eigenvalue weighted by Crippen LogP contribution is 2.15. The molecule has 3 N–H and O–H groups in total. The molecule has 0 atom stereocenters. The van der Waals surface area contributed by atoms with Crippen molar-refractivity contribution in [2.75, 3.05) is 13.2 Å². The zero-order chi connectivity index (χ0) is 14.4. The molecule has 1 rings (SSSR count). The zero-order valence-corrected chi connectivity index (χ0v) is 12.8. The van der Waals surface area contributed by atoms with Crippen molar-refractivity contribution in [3.63, 3.8) is 0 Å². The molecule has 0 amide bonds. The monoisotopic (exact) mass is 280 g/mol. The Morgan fingerprint density at radius 1 is 1.42 bits per heavy atom. The molecule has 0 spiro atoms. The van der Waals surface area contributed by atoms with Gasteiger partial charge in [0.1, 0.15) is 4.99 Å². The molecular weight excluding hydrogens is 256 g/mol. The molecule has 0 radical (unpaired) electrons. The van der Waals surface area contributed by atoms with Gasteiger partial charge in [-0.15, -0.1) is 0 Å². The van der Waals surface area contributed by atoms with Gasteiger partial charge in [-0.2, -0.15) is 0 Å². The van der Waals surface area contributed by atoms with E-state index in [1.165, 1.54) is 11.1 Å². The lowest BCUT2D eigenvalue weighted by Gasteiger charge is -2.27. The molecule has 0 aliphatic rings. The summed E-state index contributed by atoms with van der Waals surface area (Å²) in [4.78, 5) is 2.80. The minimum absolute atomic E-state index is 0.239. The number of aliphatic hydroxyl groups is 1. The van der Waals surface area contributed by atoms with Crippen LogP contribution in [0.3, 0.4) is 0 Å². The first-order valence-corrected chi connectivity index (χ1v) is 7.10. The Bertz CT molecular complexity index is 432. The van der Waals surface area contributed by atoms with Crippen molar-refractivity contribution in [3.05, 3.63) is 34.9 Å². The van der Waals surface area contributed by atoms with Crippen molar-refractivity contribution in [2.24, 2.45) is 5.73 Å². The second-order valence-corrected chi connectivity index (χ2v) is 5.59. The molecule has 106 valence electrons. The molecule has 1 aromatic rings. The Morgan fingerprint density at radius 2 is 2.11 bits per heavy atom. The Balaban J connectivity index is 2.81. The minimum atomic E-state index is 0.239. The second kappa shape index (κ2) is 7.58. The van der Waals surface area contributed by atoms with E-state index in [-0.39, 0.29) is 6.61 Å². The third kappa shape index (κ3) is 4.90. The molecule has 0 saturated carbocycles. The summed E-state index contributed by atoms with van der Waals surface area (Å²) in [6.07, 6.45) is 0.808. The van der Waals surface area contributed by atoms with Crippen LogP contribution < -0.4 is 5.73 Å². The number of hydrogen-bond acceptors (Lipinski definition) is 3. The SMILES string of the molecule is Cc1cc(C(N)=S)ccc1CN(CCCO)C(C)C. The van der Waals surface area contributed by atoms with Crippen LogP contribution in [-0.4, -0.2) is 34.2 Å². The maximum absolute atomic E-state index is 8.96. The number of nitrogens with two attached hydrogens (primary N) is 1. The average molecular weight is 280 g/mol. The Kier molecular flexibility index (Phi) is 6.42. The molecule has 4 heteroatoms. The van der Waals surface area contributed by atoms with Crippen LogP contribution in [0, 0.1) is 6.92 Å². The summed E-state index contributed by atoms with van der Waals surface area (Å²) in [5.74, 6) is 0. The van der Waals surface area contributed by atoms with Gasteiger partial charge in [-0.25, -0.2) is 0 Å². The van der Waals surface area contributed by atoms with Crippen LogP contribution >= 0.6 is 12.2 Å². The van der Waals surface area contributed by atoms with E-state index in [0.717, 1.165) is 25.1 Å². The van der Waals surface area contributed by atoms with E-state index in [0.29, 0.717) is 11.0 Å². The second-order valence-electron chi connectivity index (χ2n) is 5.15. The quantitative estimate of drug-likeness (QED) is 0.752. The summed E-state index contributed by atoms with van der Waals surface area (Å²) in [7, 11) is 0. The molecule has 0 aliphatic heterocycles. The summed E-state index contributed by atoms with van der Waals surface area (Å²) in [6, 6.07) is 6.58. The number of thiocarbonyl (C=S) groups is 1. The highest BCUT2D eigenvalue weighted by Gasteiger charge is 2.11. The van der Waals surface area contributed by atoms with E-state index in [2.05, 4.69) is 31.7 Å². The number of benzene rings is 1. The fourth-order valence-electron chi connectivity index (χ4n) is 2.04. The lowest BCUT2D eigenvalue weighted by molar-refractivity contribution is 0.184. The first-order chi connectivity index (χ1) is 8.95. The van der Waals surface area contributed by atoms with E-state index in [4.69, 9.17) is 23.1 Å². The maximum atomic E-state index is 8.96. The molecule has 0 heterocycles. The number of aryl methyl sites for hydroxylation is 1. The Hall–Kier alpha value is -0.970. The van der Waals surface area contributed by atoms with Crippen molar-refractivity contribution >= 4 is 17.2 Å². The van der Waals surface area contributed by atoms with E-state index < -0.39 is 0 Å². The van der Waals surface area contributed by atoms with Crippen molar-refractivity contribution in [1.82, 2.24) is 4.90 Å². The predicted octanol–water partition coefficient (Wildman–Crippen LogP) is 2.22. The van der Waals surface area contributed by atoms with E-state index in [1.54, 1.807) is 0 Å². The fraction of sp³-hybridized carbons (Fsp3) is 0.533. The summed E-state index contributed by atoms with van der Waals surface area (Å²) in [5.41, 5.74) is 9.05. The van der Waals surface area contributed by atoms with Crippen molar-refractivity contribution in [1.29, 1.82) is 0 Å². The van der Waals surface area contributed by atoms with Crippen LogP contribution in [0.25, 0.3) is 0 Å². The highest BCUT2D eigenvalue weighted by molar-refractivity contribution is 7.80. The first kappa shape index (κ1) is 16.1. The normalized spacial score (nSPS) is 11.3. The van der Waals surface area contributed by atoms with Gasteiger partial charge in [-0.3, -0.25) is 4.90 Å². The van der Waals surface area contributed by atoms with Gasteiger partial charge in [0.15, 0.2) is 0 Å². The smallest absolute Gasteiger partial charge is 0.103 e. The molecule has 0 aliphatic carbocycles. The number of hydrogen-bond donors (Lipinski definition) is 2. The molecular formula is C15H24N2OS. The maximum Gasteiger partial charge on any atom is 0.103 e. The van der Waals surface area contributed by atoms with Crippen molar-refractivity contribution in [3.8, 4) is 0 Å². The lowest BCUT2D eigenvalue weighted by Crippen LogP contribution is -2.32. The Labute approximate surface area is 121 Å². The first-order valence-electron chi connectivity index (χ1n) is 6.70. The van der Waals surface area contributed by atoms with Crippen LogP contribution in [-0.2, 0) is 6.54 Å². The zero-order valence-electron chi connectivity index (χ0n) is 12.0. The molecule has 3 nitrogen and oxygen atoms in total. The van der Waals surface area contributed by atoms with E-state index >= 15 is 0 Å². The van der Waals surface area contributed by atoms with Gasteiger partial charge in [-0.05, 0) is 44.4 Å². The van der Waals surface area contributed by atoms with Crippen LogP contribution in [0.5, 0.6) is 0 Å². The lowest BCUT2D eigenvalue weighted by atomic mass is 10.0. The largest absolute Gasteiger partial charge is 0.396 e. The van der Waals surface area contributed by atoms with E-state index in [1.807, 2.05) is 12.1 Å². The molecule has 0 fully saturated rings. The summed E-state index contributed by atoms with van der Waals surface area (Å²) in [6.45, 7) is 8.47. The summed E-state index contributed by atoms with van der Waals surface area (Å²) >= 11 is 4.99. The summed E-state index contributed by atoms with van der Waals surface area (Å²) < 4.78 is 0. The van der Waals surface area contributed by atoms with Gasteiger partial charge < -0.3 is 10.8 Å². The molecule has 0 aromatic heterocycles. The number of aliphatic hydroxyl groups excluding tert-OH is 1. The third-order valence-corrected chi connectivity index (χ3v) is 3.57. The van der Waals surface area contributed by atoms with Gasteiger partial charge >= 0.3 is 0 Å². The molecule has 0 bridgehead atoms. The molecule has 0 unspecified atom stereocenters. The van der Waals surface area contributed by atoms with Crippen LogP contribution in [0.2, 0.25) is 0 Å². The standard InChI is InChI=1S/C15H24N2OS/c1-11(2)17(7-4-8-18)10-14-6-5-13(15(16)19)9-12(14)3/h5-6,9,11,18H,4,7-8,10H2,1-3H3,(H2,16,19). The van der Waals surface area contributed by atoms with E-state index in [9.17, 15) is 0 Å². The molecule has 0 saturated heterocycles. The number of nitrogens with zero attached hydrogens (tertiary/aromatic N) is 1. The predicted molar refractivity (Wildman–Crippen MR) is 84.3 cm³/mol. The van der Waals surface area contributed by atoms with Crippen LogP contribution in [0.4, 0.5) is 0 Å². The minimum Gasteiger partial charge on any atom is -0.396 e. The van der Waals surface area contributed by atoms with Crippen LogP contribution in [0.15, 0.2) is 18.2 Å². The topological polar surface area (TPSA) is 49.5 Å². The van der Waals surface area contributed by atoms with Gasteiger partial charge in [0.05, 0.1) is 0 Å². The van der Waals surface area contributed by atoms with Gasteiger partial charge in [-0.1, -0.05) is 24.4 Å². The highest BCUT2D eigenvalue weighted by atomic mass is 32.1. The average Bonchev–Trinajstić information content (AvgIpc) is 2.35. The van der Waals surface area contributed by atoms with Gasteiger partial charge in [0.25, 0.3) is 0 Å². The van der Waals surface area contributed by atoms with Gasteiger partial charge in [0, 0.05) is 31.3 Å². The van der Waals surface area contributed by atoms with Crippen molar-refractivity contribution < 1.29 is 5.11 Å². The fourth-order valence-corrected chi connectivity index (χ4v) is 2.17.